The van der Waals surface area contributed by atoms with Gasteiger partial charge in [-0.2, -0.15) is 5.01 Å². The van der Waals surface area contributed by atoms with Crippen LogP contribution in [0.3, 0.4) is 0 Å². The van der Waals surface area contributed by atoms with E-state index < -0.39 is 5.91 Å². The molecule has 0 radical (unpaired) electrons. The van der Waals surface area contributed by atoms with Crippen LogP contribution in [0.15, 0.2) is 40.9 Å². The maximum Gasteiger partial charge on any atom is 0.270 e. The van der Waals surface area contributed by atoms with Crippen LogP contribution in [-0.2, 0) is 9.59 Å². The Morgan fingerprint density at radius 1 is 1.14 bits per heavy atom. The number of carbonyl (C=O) groups is 3. The number of benzene rings is 1. The molecule has 1 saturated heterocycles. The van der Waals surface area contributed by atoms with Crippen molar-refractivity contribution >= 4 is 33.7 Å². The molecule has 1 aromatic carbocycles. The van der Waals surface area contributed by atoms with Crippen molar-refractivity contribution in [1.82, 2.24) is 10.4 Å². The van der Waals surface area contributed by atoms with Crippen molar-refractivity contribution in [2.45, 2.75) is 6.42 Å². The Morgan fingerprint density at radius 2 is 1.77 bits per heavy atom. The number of hydrogen-bond donors (Lipinski definition) is 1. The average molecular weight is 361 g/mol. The van der Waals surface area contributed by atoms with E-state index in [-0.39, 0.29) is 35.5 Å². The van der Waals surface area contributed by atoms with Gasteiger partial charge < -0.3 is 0 Å². The van der Waals surface area contributed by atoms with E-state index in [2.05, 4.69) is 21.4 Å². The number of amides is 3. The second kappa shape index (κ2) is 4.78. The molecule has 3 aliphatic rings. The van der Waals surface area contributed by atoms with Gasteiger partial charge in [-0.05, 0) is 36.5 Å². The zero-order valence-corrected chi connectivity index (χ0v) is 13.1. The fourth-order valence-corrected chi connectivity index (χ4v) is 4.21. The summed E-state index contributed by atoms with van der Waals surface area (Å²) in [5.74, 6) is -1.34. The van der Waals surface area contributed by atoms with Gasteiger partial charge in [-0.3, -0.25) is 19.8 Å². The smallest absolute Gasteiger partial charge is 0.270 e. The van der Waals surface area contributed by atoms with Gasteiger partial charge >= 0.3 is 0 Å². The summed E-state index contributed by atoms with van der Waals surface area (Å²) in [5.41, 5.74) is 2.86. The highest BCUT2D eigenvalue weighted by atomic mass is 79.9. The van der Waals surface area contributed by atoms with Crippen molar-refractivity contribution in [3.63, 3.8) is 0 Å². The largest absolute Gasteiger partial charge is 0.272 e. The number of imide groups is 1. The first-order valence-corrected chi connectivity index (χ1v) is 7.98. The molecule has 1 heterocycles. The molecule has 3 amide bonds. The Kier molecular flexibility index (Phi) is 2.97. The minimum atomic E-state index is -0.455. The van der Waals surface area contributed by atoms with Crippen molar-refractivity contribution in [3.05, 3.63) is 46.5 Å². The van der Waals surface area contributed by atoms with E-state index in [1.54, 1.807) is 24.3 Å². The summed E-state index contributed by atoms with van der Waals surface area (Å²) < 4.78 is 0.762. The number of rotatable bonds is 2. The molecular weight excluding hydrogens is 348 g/mol. The number of hydrazine groups is 1. The van der Waals surface area contributed by atoms with Crippen molar-refractivity contribution < 1.29 is 14.4 Å². The van der Waals surface area contributed by atoms with Crippen molar-refractivity contribution in [2.24, 2.45) is 23.7 Å². The number of nitrogens with zero attached hydrogens (tertiary/aromatic N) is 1. The lowest BCUT2D eigenvalue weighted by atomic mass is 9.85. The highest BCUT2D eigenvalue weighted by Crippen LogP contribution is 2.52. The van der Waals surface area contributed by atoms with Crippen molar-refractivity contribution in [2.75, 3.05) is 0 Å². The third-order valence-electron chi connectivity index (χ3n) is 4.77. The number of halogens is 1. The standard InChI is InChI=1S/C16H13BrN2O3/c17-11-3-1-2-10(7-11)14(20)18-19-15(21)12-8-4-5-9(6-8)13(12)16(19)22/h1-5,7-9,12-13H,6H2,(H,18,20)/t8-,9+,12-,13+. The molecule has 1 N–H and O–H groups in total. The highest BCUT2D eigenvalue weighted by molar-refractivity contribution is 9.10. The SMILES string of the molecule is O=C(NN1C(=O)[C@@H]2[C@H](C1=O)[C@@H]1C=C[C@H]2C1)c1cccc(Br)c1. The first-order valence-electron chi connectivity index (χ1n) is 7.19. The van der Waals surface area contributed by atoms with Gasteiger partial charge in [-0.1, -0.05) is 34.1 Å². The molecule has 0 spiro atoms. The van der Waals surface area contributed by atoms with Crippen molar-refractivity contribution in [1.29, 1.82) is 0 Å². The first kappa shape index (κ1) is 13.7. The summed E-state index contributed by atoms with van der Waals surface area (Å²) >= 11 is 3.29. The number of nitrogens with one attached hydrogen (secondary N) is 1. The molecule has 0 aromatic heterocycles. The topological polar surface area (TPSA) is 66.5 Å². The van der Waals surface area contributed by atoms with Gasteiger partial charge in [0.15, 0.2) is 0 Å². The van der Waals surface area contributed by atoms with Crippen LogP contribution in [-0.4, -0.2) is 22.7 Å². The van der Waals surface area contributed by atoms with E-state index in [0.29, 0.717) is 5.56 Å². The molecule has 22 heavy (non-hydrogen) atoms. The summed E-state index contributed by atoms with van der Waals surface area (Å²) in [5, 5.41) is 0.921. The van der Waals surface area contributed by atoms with Crippen LogP contribution in [0.2, 0.25) is 0 Å². The maximum atomic E-state index is 12.5. The molecular formula is C16H13BrN2O3. The molecule has 112 valence electrons. The molecule has 1 saturated carbocycles. The predicted octanol–water partition coefficient (Wildman–Crippen LogP) is 1.90. The third-order valence-corrected chi connectivity index (χ3v) is 5.26. The third kappa shape index (κ3) is 1.86. The Labute approximate surface area is 135 Å². The van der Waals surface area contributed by atoms with Crippen LogP contribution < -0.4 is 5.43 Å². The van der Waals surface area contributed by atoms with Crippen LogP contribution in [0.4, 0.5) is 0 Å². The average Bonchev–Trinajstić information content (AvgIpc) is 3.17. The first-order chi connectivity index (χ1) is 10.6. The maximum absolute atomic E-state index is 12.5. The van der Waals surface area contributed by atoms with Gasteiger partial charge in [-0.15, -0.1) is 0 Å². The summed E-state index contributed by atoms with van der Waals surface area (Å²) in [6.45, 7) is 0. The quantitative estimate of drug-likeness (QED) is 0.646. The second-order valence-electron chi connectivity index (χ2n) is 5.96. The molecule has 1 aromatic rings. The lowest BCUT2D eigenvalue weighted by Crippen LogP contribution is -2.47. The fourth-order valence-electron chi connectivity index (χ4n) is 3.81. The van der Waals surface area contributed by atoms with Gasteiger partial charge in [-0.25, -0.2) is 0 Å². The van der Waals surface area contributed by atoms with E-state index in [1.807, 2.05) is 12.2 Å². The van der Waals surface area contributed by atoms with E-state index >= 15 is 0 Å². The minimum Gasteiger partial charge on any atom is -0.272 e. The Hall–Kier alpha value is -1.95. The molecule has 2 aliphatic carbocycles. The summed E-state index contributed by atoms with van der Waals surface area (Å²) in [7, 11) is 0. The van der Waals surface area contributed by atoms with Crippen molar-refractivity contribution in [3.8, 4) is 0 Å². The predicted molar refractivity (Wildman–Crippen MR) is 81.2 cm³/mol. The van der Waals surface area contributed by atoms with Crippen LogP contribution in [0.1, 0.15) is 16.8 Å². The van der Waals surface area contributed by atoms with Crippen LogP contribution >= 0.6 is 15.9 Å². The van der Waals surface area contributed by atoms with Gasteiger partial charge in [0, 0.05) is 10.0 Å². The van der Waals surface area contributed by atoms with Crippen LogP contribution in [0.25, 0.3) is 0 Å². The zero-order valence-electron chi connectivity index (χ0n) is 11.5. The lowest BCUT2D eigenvalue weighted by Gasteiger charge is -2.18. The Morgan fingerprint density at radius 3 is 2.36 bits per heavy atom. The molecule has 1 aliphatic heterocycles. The molecule has 0 unspecified atom stereocenters. The lowest BCUT2D eigenvalue weighted by molar-refractivity contribution is -0.143. The summed E-state index contributed by atoms with van der Waals surface area (Å²) in [4.78, 5) is 37.2. The zero-order chi connectivity index (χ0) is 15.4. The molecule has 5 nitrogen and oxygen atoms in total. The molecule has 2 bridgehead atoms. The van der Waals surface area contributed by atoms with Crippen LogP contribution in [0, 0.1) is 23.7 Å². The fraction of sp³-hybridized carbons (Fsp3) is 0.312. The molecule has 2 fully saturated rings. The second-order valence-corrected chi connectivity index (χ2v) is 6.88. The number of allylic oxidation sites excluding steroid dienone is 2. The summed E-state index contributed by atoms with van der Waals surface area (Å²) in [6, 6.07) is 6.81. The van der Waals surface area contributed by atoms with Gasteiger partial charge in [0.25, 0.3) is 17.7 Å². The van der Waals surface area contributed by atoms with E-state index in [0.717, 1.165) is 15.9 Å². The van der Waals surface area contributed by atoms with Gasteiger partial charge in [0.05, 0.1) is 11.8 Å². The van der Waals surface area contributed by atoms with E-state index in [4.69, 9.17) is 0 Å². The van der Waals surface area contributed by atoms with Gasteiger partial charge in [0.1, 0.15) is 0 Å². The Bertz CT molecular complexity index is 700. The minimum absolute atomic E-state index is 0.138. The van der Waals surface area contributed by atoms with E-state index in [9.17, 15) is 14.4 Å². The number of hydrogen-bond acceptors (Lipinski definition) is 3. The van der Waals surface area contributed by atoms with E-state index in [1.165, 1.54) is 0 Å². The monoisotopic (exact) mass is 360 g/mol. The highest BCUT2D eigenvalue weighted by Gasteiger charge is 2.59. The summed E-state index contributed by atoms with van der Waals surface area (Å²) in [6.07, 6.45) is 4.92. The molecule has 4 rings (SSSR count). The normalized spacial score (nSPS) is 31.8. The number of carbonyl (C=O) groups excluding carboxylic acids is 3. The van der Waals surface area contributed by atoms with Gasteiger partial charge in [0.2, 0.25) is 0 Å². The Balaban J connectivity index is 1.56. The van der Waals surface area contributed by atoms with Crippen LogP contribution in [0.5, 0.6) is 0 Å². The molecule has 4 atom stereocenters. The molecule has 6 heteroatoms. The number of fused-ring (bicyclic) bond motifs is 5.